The summed E-state index contributed by atoms with van der Waals surface area (Å²) in [5.41, 5.74) is 72.4. The van der Waals surface area contributed by atoms with E-state index in [-0.39, 0.29) is 137 Å². The zero-order chi connectivity index (χ0) is 56.5. The van der Waals surface area contributed by atoms with Gasteiger partial charge in [0.25, 0.3) is 0 Å². The molecule has 0 amide bonds. The van der Waals surface area contributed by atoms with E-state index in [0.717, 1.165) is 22.3 Å². The maximum absolute atomic E-state index is 6.33. The average Bonchev–Trinajstić information content (AvgIpc) is 3.38. The molecule has 7 rings (SSSR count). The third kappa shape index (κ3) is 17.9. The van der Waals surface area contributed by atoms with E-state index in [2.05, 4.69) is 20.0 Å². The molecule has 84 heavy (non-hydrogen) atoms. The molecule has 0 saturated heterocycles. The summed E-state index contributed by atoms with van der Waals surface area (Å²) in [6.07, 6.45) is 1.37. The van der Waals surface area contributed by atoms with E-state index in [9.17, 15) is 0 Å². The molecule has 456 valence electrons. The summed E-state index contributed by atoms with van der Waals surface area (Å²) in [5, 5.41) is 0. The summed E-state index contributed by atoms with van der Waals surface area (Å²) in [7, 11) is 9.59. The summed E-state index contributed by atoms with van der Waals surface area (Å²) in [4.78, 5) is 27.5. The molecule has 6 aromatic rings. The Morgan fingerprint density at radius 2 is 0.369 bits per heavy atom. The van der Waals surface area contributed by atoms with E-state index in [4.69, 9.17) is 95.7 Å². The number of nitrogens with two attached hydrogens (primary N) is 10. The lowest BCUT2D eigenvalue weighted by Crippen LogP contribution is -2.22. The van der Waals surface area contributed by atoms with Gasteiger partial charge in [-0.15, -0.1) is 74.4 Å². The van der Waals surface area contributed by atoms with Crippen molar-refractivity contribution in [2.45, 2.75) is 52.4 Å². The molecular formula is C56H74Cl6N16O6. The fourth-order valence-corrected chi connectivity index (χ4v) is 10.2. The van der Waals surface area contributed by atoms with Gasteiger partial charge in [-0.3, -0.25) is 0 Å². The standard InChI is InChI=1S/C56H68N16O6.6ClH/c1-27(57)67-41-15-29-9-33-19-43(69-53(59)60)20-34(49(33)75-5)10-30-16-42(68-28(2)58)18-32(48(30)74-4)12-36-22-45(71-55(63)64)24-38(51(36)77-7)14-40-26-46(72-56(65)66)25-39(52(40)78-8)13-37-23-44(70-54(61)62)21-35(50(37)76-6)11-31(17-41)47(29)73-3;;;;;;/h15-26H,9-14H2,1-8H3,(H2,57,67)(H2,58,68)(H4,59,60,69)(H4,61,62,70)(H4,63,64,71)(H4,65,66,72);6*1H. The number of aliphatic imine (C=N–C) groups is 6. The number of guanidine groups is 4. The molecule has 6 aromatic carbocycles. The number of amidine groups is 2. The summed E-state index contributed by atoms with van der Waals surface area (Å²) < 4.78 is 37.9. The highest BCUT2D eigenvalue weighted by Gasteiger charge is 2.25. The van der Waals surface area contributed by atoms with Crippen LogP contribution < -0.4 is 85.8 Å². The molecule has 22 nitrogen and oxygen atoms in total. The van der Waals surface area contributed by atoms with Gasteiger partial charge in [-0.1, -0.05) is 0 Å². The van der Waals surface area contributed by atoms with Crippen LogP contribution in [-0.4, -0.2) is 78.2 Å². The molecule has 0 radical (unpaired) electrons. The van der Waals surface area contributed by atoms with Crippen LogP contribution in [0, 0.1) is 0 Å². The van der Waals surface area contributed by atoms with Crippen LogP contribution in [-0.2, 0) is 38.5 Å². The second-order valence-electron chi connectivity index (χ2n) is 18.5. The van der Waals surface area contributed by atoms with E-state index < -0.39 is 0 Å². The SMILES string of the molecule is COc1c2cc(N=C(C)N)cc1Cc1cc(N=C(N)N)cc(c1OC)Cc1cc(N=C(N)N)cc(c1OC)Cc1cc(N=C(N)N)cc(c1OC)Cc1cc(N=C(C)N)cc(c1OC)Cc1cc(N=C(N)N)cc(c1OC)C2.Cl.Cl.Cl.Cl.Cl.Cl. The number of methoxy groups -OCH3 is 6. The Hall–Kier alpha value is -8.12. The minimum Gasteiger partial charge on any atom is -0.496 e. The molecule has 0 unspecified atom stereocenters. The Kier molecular flexibility index (Phi) is 28.7. The molecule has 0 heterocycles. The largest absolute Gasteiger partial charge is 0.496 e. The van der Waals surface area contributed by atoms with Crippen molar-refractivity contribution in [1.82, 2.24) is 0 Å². The molecule has 0 saturated carbocycles. The van der Waals surface area contributed by atoms with Crippen molar-refractivity contribution in [2.75, 3.05) is 42.7 Å². The highest BCUT2D eigenvalue weighted by atomic mass is 35.5. The van der Waals surface area contributed by atoms with Crippen molar-refractivity contribution in [3.8, 4) is 34.5 Å². The quantitative estimate of drug-likeness (QED) is 0.0412. The lowest BCUT2D eigenvalue weighted by atomic mass is 9.90. The number of halogens is 6. The predicted molar refractivity (Wildman–Crippen MR) is 354 cm³/mol. The van der Waals surface area contributed by atoms with Crippen molar-refractivity contribution < 1.29 is 28.4 Å². The fraction of sp³-hybridized carbons (Fsp3) is 0.250. The minimum absolute atomic E-state index is 0. The number of fused-ring (bicyclic) bond motifs is 12. The van der Waals surface area contributed by atoms with Crippen LogP contribution in [0.25, 0.3) is 0 Å². The third-order valence-electron chi connectivity index (χ3n) is 12.5. The molecule has 1 aliphatic carbocycles. The molecule has 0 fully saturated rings. The molecule has 0 atom stereocenters. The van der Waals surface area contributed by atoms with E-state index in [1.807, 2.05) is 72.8 Å². The molecular weight excluding hydrogens is 1210 g/mol. The maximum Gasteiger partial charge on any atom is 0.191 e. The zero-order valence-electron chi connectivity index (χ0n) is 47.5. The Balaban J connectivity index is 0.00000588. The van der Waals surface area contributed by atoms with Crippen LogP contribution in [0.3, 0.4) is 0 Å². The highest BCUT2D eigenvalue weighted by molar-refractivity contribution is 5.87. The minimum atomic E-state index is -0.157. The number of hydrogen-bond donors (Lipinski definition) is 10. The van der Waals surface area contributed by atoms with Gasteiger partial charge in [0.15, 0.2) is 23.8 Å². The fourth-order valence-electron chi connectivity index (χ4n) is 10.2. The number of nitrogens with zero attached hydrogens (tertiary/aromatic N) is 6. The van der Waals surface area contributed by atoms with Crippen molar-refractivity contribution in [1.29, 1.82) is 0 Å². The van der Waals surface area contributed by atoms with Crippen LogP contribution in [0.1, 0.15) is 80.6 Å². The zero-order valence-corrected chi connectivity index (χ0v) is 52.4. The normalized spacial score (nSPS) is 11.6. The Morgan fingerprint density at radius 1 is 0.250 bits per heavy atom. The molecule has 20 N–H and O–H groups in total. The first-order chi connectivity index (χ1) is 37.2. The van der Waals surface area contributed by atoms with Gasteiger partial charge in [-0.25, -0.2) is 30.0 Å². The third-order valence-corrected chi connectivity index (χ3v) is 12.5. The molecule has 0 spiro atoms. The van der Waals surface area contributed by atoms with Crippen LogP contribution >= 0.6 is 74.4 Å². The van der Waals surface area contributed by atoms with Crippen molar-refractivity contribution in [3.63, 3.8) is 0 Å². The first-order valence-corrected chi connectivity index (χ1v) is 24.4. The smallest absolute Gasteiger partial charge is 0.191 e. The molecule has 0 aromatic heterocycles. The Bertz CT molecular complexity index is 2760. The lowest BCUT2D eigenvalue weighted by Gasteiger charge is -2.22. The van der Waals surface area contributed by atoms with Crippen molar-refractivity contribution in [2.24, 2.45) is 87.3 Å². The van der Waals surface area contributed by atoms with Crippen molar-refractivity contribution >= 4 is 144 Å². The monoisotopic (exact) mass is 1280 g/mol. The number of rotatable bonds is 12. The summed E-state index contributed by atoms with van der Waals surface area (Å²) >= 11 is 0. The van der Waals surface area contributed by atoms with Crippen LogP contribution in [0.15, 0.2) is 103 Å². The van der Waals surface area contributed by atoms with E-state index >= 15 is 0 Å². The summed E-state index contributed by atoms with van der Waals surface area (Å²) in [6, 6.07) is 22.4. The average molecular weight is 1280 g/mol. The number of hydrogen-bond acceptors (Lipinski definition) is 12. The molecule has 12 bridgehead atoms. The van der Waals surface area contributed by atoms with E-state index in [1.165, 1.54) is 0 Å². The second-order valence-corrected chi connectivity index (χ2v) is 18.5. The van der Waals surface area contributed by atoms with Gasteiger partial charge in [0.2, 0.25) is 0 Å². The van der Waals surface area contributed by atoms with Crippen molar-refractivity contribution in [3.05, 3.63) is 140 Å². The number of ether oxygens (including phenoxy) is 6. The van der Waals surface area contributed by atoms with Gasteiger partial charge in [-0.05, 0) is 86.6 Å². The lowest BCUT2D eigenvalue weighted by molar-refractivity contribution is 0.396. The Labute approximate surface area is 525 Å². The summed E-state index contributed by atoms with van der Waals surface area (Å²) in [5.74, 6) is 3.30. The van der Waals surface area contributed by atoms with Gasteiger partial charge in [0, 0.05) is 105 Å². The van der Waals surface area contributed by atoms with Crippen LogP contribution in [0.4, 0.5) is 34.1 Å². The topological polar surface area (TPSA) is 390 Å². The first kappa shape index (κ1) is 73.9. The van der Waals surface area contributed by atoms with Crippen LogP contribution in [0.5, 0.6) is 34.5 Å². The number of benzene rings is 6. The summed E-state index contributed by atoms with van der Waals surface area (Å²) in [6.45, 7) is 3.42. The van der Waals surface area contributed by atoms with Gasteiger partial charge in [-0.2, -0.15) is 0 Å². The van der Waals surface area contributed by atoms with E-state index in [0.29, 0.717) is 125 Å². The van der Waals surface area contributed by atoms with Gasteiger partial charge in [0.05, 0.1) is 88.5 Å². The molecule has 1 aliphatic rings. The Morgan fingerprint density at radius 3 is 0.464 bits per heavy atom. The predicted octanol–water partition coefficient (Wildman–Crippen LogP) is 7.76. The second kappa shape index (κ2) is 32.7. The van der Waals surface area contributed by atoms with Crippen LogP contribution in [0.2, 0.25) is 0 Å². The molecule has 0 aliphatic heterocycles. The van der Waals surface area contributed by atoms with Gasteiger partial charge >= 0.3 is 0 Å². The molecule has 28 heteroatoms. The van der Waals surface area contributed by atoms with Gasteiger partial charge < -0.3 is 85.8 Å². The highest BCUT2D eigenvalue weighted by Crippen LogP contribution is 2.45. The maximum atomic E-state index is 6.33. The first-order valence-electron chi connectivity index (χ1n) is 24.4. The van der Waals surface area contributed by atoms with E-state index in [1.54, 1.807) is 56.5 Å². The van der Waals surface area contributed by atoms with Gasteiger partial charge in [0.1, 0.15) is 34.5 Å².